The number of ether oxygens (including phenoxy) is 2. The second-order valence-corrected chi connectivity index (χ2v) is 3.67. The Morgan fingerprint density at radius 1 is 1.35 bits per heavy atom. The Morgan fingerprint density at radius 2 is 2.06 bits per heavy atom. The Hall–Kier alpha value is -1.42. The first-order valence-corrected chi connectivity index (χ1v) is 5.90. The highest BCUT2D eigenvalue weighted by molar-refractivity contribution is 6.18. The van der Waals surface area contributed by atoms with E-state index in [-0.39, 0.29) is 5.91 Å². The van der Waals surface area contributed by atoms with Gasteiger partial charge in [-0.2, -0.15) is 0 Å². The van der Waals surface area contributed by atoms with Gasteiger partial charge in [-0.05, 0) is 12.1 Å². The van der Waals surface area contributed by atoms with Crippen molar-refractivity contribution in [3.8, 4) is 11.5 Å². The van der Waals surface area contributed by atoms with Crippen LogP contribution in [-0.4, -0.2) is 32.0 Å². The summed E-state index contributed by atoms with van der Waals surface area (Å²) in [5, 5.41) is 2.70. The van der Waals surface area contributed by atoms with Gasteiger partial charge in [0.2, 0.25) is 5.91 Å². The monoisotopic (exact) mass is 257 g/mol. The number of nitrogens with one attached hydrogen (secondary N) is 1. The molecule has 0 aliphatic carbocycles. The van der Waals surface area contributed by atoms with Crippen LogP contribution >= 0.6 is 11.6 Å². The smallest absolute Gasteiger partial charge is 0.221 e. The molecule has 0 atom stereocenters. The van der Waals surface area contributed by atoms with E-state index in [1.807, 2.05) is 24.3 Å². The Balaban J connectivity index is 2.28. The zero-order valence-electron chi connectivity index (χ0n) is 9.74. The third-order valence-electron chi connectivity index (χ3n) is 2.07. The van der Waals surface area contributed by atoms with Crippen LogP contribution < -0.4 is 14.8 Å². The highest BCUT2D eigenvalue weighted by Crippen LogP contribution is 2.25. The summed E-state index contributed by atoms with van der Waals surface area (Å²) in [4.78, 5) is 11.1. The first-order chi connectivity index (χ1) is 8.27. The minimum Gasteiger partial charge on any atom is -0.493 e. The molecule has 17 heavy (non-hydrogen) atoms. The molecule has 1 aromatic carbocycles. The Morgan fingerprint density at radius 3 is 2.71 bits per heavy atom. The third kappa shape index (κ3) is 4.95. The summed E-state index contributed by atoms with van der Waals surface area (Å²) >= 11 is 5.44. The lowest BCUT2D eigenvalue weighted by Crippen LogP contribution is -2.28. The molecule has 4 nitrogen and oxygen atoms in total. The molecule has 0 saturated heterocycles. The molecule has 0 aliphatic heterocycles. The highest BCUT2D eigenvalue weighted by Gasteiger charge is 2.02. The van der Waals surface area contributed by atoms with Gasteiger partial charge in [0.25, 0.3) is 0 Å². The second-order valence-electron chi connectivity index (χ2n) is 3.29. The van der Waals surface area contributed by atoms with Crippen molar-refractivity contribution in [2.45, 2.75) is 6.42 Å². The van der Waals surface area contributed by atoms with Crippen LogP contribution in [0.4, 0.5) is 0 Å². The van der Waals surface area contributed by atoms with Gasteiger partial charge in [-0.3, -0.25) is 4.79 Å². The van der Waals surface area contributed by atoms with Crippen molar-refractivity contribution in [3.63, 3.8) is 0 Å². The lowest BCUT2D eigenvalue weighted by atomic mass is 10.3. The van der Waals surface area contributed by atoms with Crippen molar-refractivity contribution in [2.24, 2.45) is 0 Å². The fraction of sp³-hybridized carbons (Fsp3) is 0.417. The summed E-state index contributed by atoms with van der Waals surface area (Å²) < 4.78 is 10.6. The van der Waals surface area contributed by atoms with E-state index in [0.29, 0.717) is 37.0 Å². The van der Waals surface area contributed by atoms with Crippen LogP contribution in [0.15, 0.2) is 24.3 Å². The van der Waals surface area contributed by atoms with E-state index in [4.69, 9.17) is 21.1 Å². The normalized spacial score (nSPS) is 9.76. The third-order valence-corrected chi connectivity index (χ3v) is 2.26. The first-order valence-electron chi connectivity index (χ1n) is 5.36. The molecule has 0 saturated carbocycles. The van der Waals surface area contributed by atoms with E-state index in [0.717, 1.165) is 0 Å². The van der Waals surface area contributed by atoms with Crippen LogP contribution in [-0.2, 0) is 4.79 Å². The lowest BCUT2D eigenvalue weighted by molar-refractivity contribution is -0.120. The van der Waals surface area contributed by atoms with E-state index in [9.17, 15) is 4.79 Å². The van der Waals surface area contributed by atoms with Gasteiger partial charge in [0, 0.05) is 12.3 Å². The van der Waals surface area contributed by atoms with Crippen LogP contribution in [0.1, 0.15) is 6.42 Å². The van der Waals surface area contributed by atoms with E-state index < -0.39 is 0 Å². The number of amides is 1. The average Bonchev–Trinajstić information content (AvgIpc) is 2.35. The van der Waals surface area contributed by atoms with Crippen LogP contribution in [0, 0.1) is 0 Å². The number of para-hydroxylation sites is 2. The standard InChI is InChI=1S/C12H16ClNO3/c1-16-10-4-2-3-5-11(10)17-9-8-14-12(15)6-7-13/h2-5H,6-9H2,1H3,(H,14,15). The summed E-state index contributed by atoms with van der Waals surface area (Å²) in [5.74, 6) is 1.61. The van der Waals surface area contributed by atoms with Gasteiger partial charge in [-0.25, -0.2) is 0 Å². The number of methoxy groups -OCH3 is 1. The van der Waals surface area contributed by atoms with E-state index >= 15 is 0 Å². The molecule has 0 heterocycles. The molecule has 0 fully saturated rings. The van der Waals surface area contributed by atoms with Crippen molar-refractivity contribution < 1.29 is 14.3 Å². The number of hydrogen-bond acceptors (Lipinski definition) is 3. The van der Waals surface area contributed by atoms with Crippen molar-refractivity contribution in [3.05, 3.63) is 24.3 Å². The zero-order valence-corrected chi connectivity index (χ0v) is 10.5. The number of carbonyl (C=O) groups is 1. The van der Waals surface area contributed by atoms with Crippen LogP contribution in [0.2, 0.25) is 0 Å². The van der Waals surface area contributed by atoms with Crippen molar-refractivity contribution in [1.82, 2.24) is 5.32 Å². The molecule has 0 radical (unpaired) electrons. The summed E-state index contributed by atoms with van der Waals surface area (Å²) in [6, 6.07) is 7.37. The fourth-order valence-electron chi connectivity index (χ4n) is 1.26. The van der Waals surface area contributed by atoms with Crippen LogP contribution in [0.25, 0.3) is 0 Å². The topological polar surface area (TPSA) is 47.6 Å². The number of hydrogen-bond donors (Lipinski definition) is 1. The van der Waals surface area contributed by atoms with Gasteiger partial charge in [-0.15, -0.1) is 11.6 Å². The summed E-state index contributed by atoms with van der Waals surface area (Å²) in [6.07, 6.45) is 0.330. The van der Waals surface area contributed by atoms with Crippen LogP contribution in [0.5, 0.6) is 11.5 Å². The number of alkyl halides is 1. The van der Waals surface area contributed by atoms with Crippen molar-refractivity contribution in [1.29, 1.82) is 0 Å². The molecule has 1 amide bonds. The lowest BCUT2D eigenvalue weighted by Gasteiger charge is -2.10. The maximum atomic E-state index is 11.1. The number of rotatable bonds is 7. The Bertz CT molecular complexity index is 357. The summed E-state index contributed by atoms with van der Waals surface area (Å²) in [6.45, 7) is 0.849. The molecule has 1 rings (SSSR count). The Kier molecular flexibility index (Phi) is 6.25. The first kappa shape index (κ1) is 13.6. The predicted molar refractivity (Wildman–Crippen MR) is 66.8 cm³/mol. The van der Waals surface area contributed by atoms with Gasteiger partial charge in [0.15, 0.2) is 11.5 Å². The molecule has 94 valence electrons. The summed E-state index contributed by atoms with van der Waals surface area (Å²) in [5.41, 5.74) is 0. The molecule has 0 spiro atoms. The minimum atomic E-state index is -0.0661. The molecule has 0 bridgehead atoms. The SMILES string of the molecule is COc1ccccc1OCCNC(=O)CCCl. The van der Waals surface area contributed by atoms with E-state index in [1.54, 1.807) is 7.11 Å². The maximum absolute atomic E-state index is 11.1. The molecule has 5 heteroatoms. The zero-order chi connectivity index (χ0) is 12.5. The van der Waals surface area contributed by atoms with Gasteiger partial charge in [-0.1, -0.05) is 12.1 Å². The fourth-order valence-corrected chi connectivity index (χ4v) is 1.44. The minimum absolute atomic E-state index is 0.0661. The van der Waals surface area contributed by atoms with Crippen LogP contribution in [0.3, 0.4) is 0 Å². The van der Waals surface area contributed by atoms with Gasteiger partial charge in [0.1, 0.15) is 6.61 Å². The number of carbonyl (C=O) groups excluding carboxylic acids is 1. The van der Waals surface area contributed by atoms with Gasteiger partial charge < -0.3 is 14.8 Å². The van der Waals surface area contributed by atoms with E-state index in [2.05, 4.69) is 5.32 Å². The average molecular weight is 258 g/mol. The Labute approximate surface area is 106 Å². The molecule has 0 aromatic heterocycles. The second kappa shape index (κ2) is 7.79. The molecule has 0 unspecified atom stereocenters. The summed E-state index contributed by atoms with van der Waals surface area (Å²) in [7, 11) is 1.59. The molecule has 1 N–H and O–H groups in total. The van der Waals surface area contributed by atoms with Crippen molar-refractivity contribution in [2.75, 3.05) is 26.1 Å². The largest absolute Gasteiger partial charge is 0.493 e. The molecular weight excluding hydrogens is 242 g/mol. The molecular formula is C12H16ClNO3. The maximum Gasteiger partial charge on any atom is 0.221 e. The molecule has 0 aliphatic rings. The van der Waals surface area contributed by atoms with Crippen molar-refractivity contribution >= 4 is 17.5 Å². The number of benzene rings is 1. The quantitative estimate of drug-likeness (QED) is 0.599. The van der Waals surface area contributed by atoms with Gasteiger partial charge in [0.05, 0.1) is 13.7 Å². The van der Waals surface area contributed by atoms with E-state index in [1.165, 1.54) is 0 Å². The number of halogens is 1. The molecule has 1 aromatic rings. The predicted octanol–water partition coefficient (Wildman–Crippen LogP) is 1.82. The van der Waals surface area contributed by atoms with Gasteiger partial charge >= 0.3 is 0 Å². The highest BCUT2D eigenvalue weighted by atomic mass is 35.5.